The van der Waals surface area contributed by atoms with E-state index in [-0.39, 0.29) is 5.97 Å². The maximum Gasteiger partial charge on any atom is 0.330 e. The topological polar surface area (TPSA) is 63.6 Å². The average Bonchev–Trinajstić information content (AvgIpc) is 2.97. The van der Waals surface area contributed by atoms with Gasteiger partial charge in [-0.3, -0.25) is 0 Å². The first-order chi connectivity index (χ1) is 20.1. The smallest absolute Gasteiger partial charge is 0.330 e. The van der Waals surface area contributed by atoms with Gasteiger partial charge in [0, 0.05) is 12.2 Å². The first kappa shape index (κ1) is 41.0. The molecule has 0 saturated heterocycles. The van der Waals surface area contributed by atoms with Crippen LogP contribution in [0.2, 0.25) is 0 Å². The van der Waals surface area contributed by atoms with Crippen LogP contribution in [-0.2, 0) is 14.3 Å². The Bertz CT molecular complexity index is 660. The van der Waals surface area contributed by atoms with E-state index in [1.54, 1.807) is 6.08 Å². The lowest BCUT2D eigenvalue weighted by Crippen LogP contribution is -1.93. The monoisotopic (exact) mass is 574 g/mol. The Balaban J connectivity index is 0. The van der Waals surface area contributed by atoms with Gasteiger partial charge in [0.1, 0.15) is 0 Å². The maximum absolute atomic E-state index is 10.8. The molecule has 0 rings (SSSR count). The van der Waals surface area contributed by atoms with Gasteiger partial charge in [0.2, 0.25) is 0 Å². The molecule has 0 unspecified atom stereocenters. The Hall–Kier alpha value is -2.10. The van der Waals surface area contributed by atoms with E-state index in [1.165, 1.54) is 154 Å². The standard InChI is InChI=1S/C19H34O2.C18H32O2/c1-3-4-5-6-7-8-9-10-11-12-13-14-15-16-17-18-19(20)21-2;1-2-3-4-5-6-7-8-9-10-11-12-13-14-15-16-17-18(19)20/h8-9,17-18H,3-7,10-16H2,1-2H3;7-8,16-17H,2-6,9-15H2,1H3,(H,19,20)/b9-8-,18-17+;8-7-,17-16+. The van der Waals surface area contributed by atoms with E-state index < -0.39 is 5.97 Å². The summed E-state index contributed by atoms with van der Waals surface area (Å²) in [7, 11) is 1.41. The largest absolute Gasteiger partial charge is 0.478 e. The second-order valence-electron chi connectivity index (χ2n) is 11.0. The Kier molecular flexibility index (Phi) is 37.9. The number of rotatable bonds is 28. The lowest BCUT2D eigenvalue weighted by Gasteiger charge is -1.98. The maximum atomic E-state index is 10.8. The van der Waals surface area contributed by atoms with Gasteiger partial charge in [0.15, 0.2) is 0 Å². The molecule has 238 valence electrons. The lowest BCUT2D eigenvalue weighted by atomic mass is 10.1. The minimum atomic E-state index is -0.841. The molecule has 0 radical (unpaired) electrons. The van der Waals surface area contributed by atoms with Crippen LogP contribution in [0.1, 0.15) is 168 Å². The molecular weight excluding hydrogens is 508 g/mol. The number of allylic oxidation sites excluding steroid dienone is 6. The molecule has 0 aromatic rings. The van der Waals surface area contributed by atoms with Gasteiger partial charge in [-0.2, -0.15) is 0 Å². The molecule has 0 aromatic carbocycles. The first-order valence-electron chi connectivity index (χ1n) is 17.0. The van der Waals surface area contributed by atoms with E-state index >= 15 is 0 Å². The molecule has 0 heterocycles. The minimum absolute atomic E-state index is 0.253. The molecular formula is C37H66O4. The van der Waals surface area contributed by atoms with E-state index in [2.05, 4.69) is 42.9 Å². The first-order valence-corrected chi connectivity index (χ1v) is 17.0. The van der Waals surface area contributed by atoms with Crippen molar-refractivity contribution in [2.24, 2.45) is 0 Å². The summed E-state index contributed by atoms with van der Waals surface area (Å²) < 4.78 is 4.54. The van der Waals surface area contributed by atoms with Crippen LogP contribution in [0.15, 0.2) is 48.6 Å². The van der Waals surface area contributed by atoms with Crippen LogP contribution in [0.25, 0.3) is 0 Å². The van der Waals surface area contributed by atoms with E-state index in [0.29, 0.717) is 0 Å². The molecule has 0 fully saturated rings. The van der Waals surface area contributed by atoms with Crippen LogP contribution in [0, 0.1) is 0 Å². The summed E-state index contributed by atoms with van der Waals surface area (Å²) in [5.74, 6) is -1.09. The van der Waals surface area contributed by atoms with E-state index in [0.717, 1.165) is 19.3 Å². The zero-order valence-electron chi connectivity index (χ0n) is 27.3. The zero-order chi connectivity index (χ0) is 30.5. The highest BCUT2D eigenvalue weighted by Crippen LogP contribution is 2.10. The van der Waals surface area contributed by atoms with Gasteiger partial charge in [-0.05, 0) is 77.0 Å². The molecule has 0 bridgehead atoms. The predicted molar refractivity (Wildman–Crippen MR) is 178 cm³/mol. The van der Waals surface area contributed by atoms with Gasteiger partial charge in [-0.15, -0.1) is 0 Å². The number of carbonyl (C=O) groups excluding carboxylic acids is 1. The molecule has 0 aliphatic rings. The molecule has 0 aliphatic heterocycles. The summed E-state index contributed by atoms with van der Waals surface area (Å²) in [5.41, 5.74) is 0. The highest BCUT2D eigenvalue weighted by Gasteiger charge is 1.92. The summed E-state index contributed by atoms with van der Waals surface area (Å²) >= 11 is 0. The third-order valence-corrected chi connectivity index (χ3v) is 6.98. The van der Waals surface area contributed by atoms with Crippen LogP contribution < -0.4 is 0 Å². The zero-order valence-corrected chi connectivity index (χ0v) is 27.3. The Labute approximate surface area is 254 Å². The number of hydrogen-bond acceptors (Lipinski definition) is 3. The Morgan fingerprint density at radius 1 is 0.463 bits per heavy atom. The van der Waals surface area contributed by atoms with Crippen LogP contribution in [0.3, 0.4) is 0 Å². The number of carboxylic acids is 1. The molecule has 4 heteroatoms. The SMILES string of the molecule is CCCCCC/C=C\CCCCCCC/C=C/C(=O)O.CCCCCC/C=C\CCCCCCC/C=C/C(=O)OC. The van der Waals surface area contributed by atoms with Gasteiger partial charge >= 0.3 is 11.9 Å². The van der Waals surface area contributed by atoms with Gasteiger partial charge in [0.25, 0.3) is 0 Å². The van der Waals surface area contributed by atoms with Crippen molar-refractivity contribution in [3.05, 3.63) is 48.6 Å². The van der Waals surface area contributed by atoms with Crippen molar-refractivity contribution in [3.8, 4) is 0 Å². The van der Waals surface area contributed by atoms with Crippen LogP contribution in [0.5, 0.6) is 0 Å². The van der Waals surface area contributed by atoms with Crippen molar-refractivity contribution in [2.75, 3.05) is 7.11 Å². The Morgan fingerprint density at radius 3 is 1.07 bits per heavy atom. The highest BCUT2D eigenvalue weighted by atomic mass is 16.5. The fourth-order valence-corrected chi connectivity index (χ4v) is 4.39. The van der Waals surface area contributed by atoms with Crippen molar-refractivity contribution >= 4 is 11.9 Å². The molecule has 0 aromatic heterocycles. The molecule has 0 saturated carbocycles. The number of carbonyl (C=O) groups is 2. The molecule has 41 heavy (non-hydrogen) atoms. The number of methoxy groups -OCH3 is 1. The third kappa shape index (κ3) is 42.5. The lowest BCUT2D eigenvalue weighted by molar-refractivity contribution is -0.135. The second-order valence-corrected chi connectivity index (χ2v) is 11.0. The van der Waals surface area contributed by atoms with Crippen molar-refractivity contribution in [3.63, 3.8) is 0 Å². The van der Waals surface area contributed by atoms with Gasteiger partial charge in [-0.1, -0.05) is 127 Å². The quantitative estimate of drug-likeness (QED) is 0.0437. The van der Waals surface area contributed by atoms with Crippen molar-refractivity contribution in [2.45, 2.75) is 168 Å². The number of carboxylic acid groups (broad SMARTS) is 1. The number of aliphatic carboxylic acids is 1. The molecule has 4 nitrogen and oxygen atoms in total. The molecule has 0 aliphatic carbocycles. The number of esters is 1. The molecule has 1 N–H and O–H groups in total. The van der Waals surface area contributed by atoms with E-state index in [9.17, 15) is 9.59 Å². The van der Waals surface area contributed by atoms with Crippen molar-refractivity contribution < 1.29 is 19.4 Å². The number of unbranched alkanes of at least 4 members (excludes halogenated alkanes) is 20. The van der Waals surface area contributed by atoms with Crippen LogP contribution in [-0.4, -0.2) is 24.2 Å². The molecule has 0 spiro atoms. The summed E-state index contributed by atoms with van der Waals surface area (Å²) in [4.78, 5) is 21.1. The number of ether oxygens (including phenoxy) is 1. The van der Waals surface area contributed by atoms with Crippen molar-refractivity contribution in [1.82, 2.24) is 0 Å². The predicted octanol–water partition coefficient (Wildman–Crippen LogP) is 11.9. The molecule has 0 atom stereocenters. The summed E-state index contributed by atoms with van der Waals surface area (Å²) in [6, 6.07) is 0. The summed E-state index contributed by atoms with van der Waals surface area (Å²) in [6.07, 6.45) is 46.0. The third-order valence-electron chi connectivity index (χ3n) is 6.98. The fourth-order valence-electron chi connectivity index (χ4n) is 4.39. The number of hydrogen-bond donors (Lipinski definition) is 1. The van der Waals surface area contributed by atoms with Gasteiger partial charge in [0.05, 0.1) is 7.11 Å². The normalized spacial score (nSPS) is 11.6. The Morgan fingerprint density at radius 2 is 0.756 bits per heavy atom. The highest BCUT2D eigenvalue weighted by molar-refractivity contribution is 5.81. The van der Waals surface area contributed by atoms with Crippen LogP contribution in [0.4, 0.5) is 0 Å². The average molecular weight is 575 g/mol. The van der Waals surface area contributed by atoms with E-state index in [1.807, 2.05) is 6.08 Å². The van der Waals surface area contributed by atoms with E-state index in [4.69, 9.17) is 5.11 Å². The summed E-state index contributed by atoms with van der Waals surface area (Å²) in [6.45, 7) is 4.50. The van der Waals surface area contributed by atoms with Gasteiger partial charge in [-0.25, -0.2) is 9.59 Å². The van der Waals surface area contributed by atoms with Gasteiger partial charge < -0.3 is 9.84 Å². The fraction of sp³-hybridized carbons (Fsp3) is 0.730. The van der Waals surface area contributed by atoms with Crippen LogP contribution >= 0.6 is 0 Å². The second kappa shape index (κ2) is 37.9. The minimum Gasteiger partial charge on any atom is -0.478 e. The molecule has 0 amide bonds. The van der Waals surface area contributed by atoms with Crippen molar-refractivity contribution in [1.29, 1.82) is 0 Å². The summed E-state index contributed by atoms with van der Waals surface area (Å²) in [5, 5.41) is 8.42.